The lowest BCUT2D eigenvalue weighted by atomic mass is 9.85. The van der Waals surface area contributed by atoms with E-state index in [1.165, 1.54) is 5.56 Å². The first-order chi connectivity index (χ1) is 38.1. The molecule has 12 aromatic carbocycles. The van der Waals surface area contributed by atoms with Crippen LogP contribution in [0.1, 0.15) is 5.56 Å². The van der Waals surface area contributed by atoms with E-state index in [1.807, 2.05) is 0 Å². The Kier molecular flexibility index (Phi) is 12.5. The van der Waals surface area contributed by atoms with Gasteiger partial charge < -0.3 is 19.6 Å². The van der Waals surface area contributed by atoms with E-state index in [2.05, 4.69) is 336 Å². The Morgan fingerprint density at radius 2 is 0.584 bits per heavy atom. The summed E-state index contributed by atoms with van der Waals surface area (Å²) in [7, 11) is 0. The van der Waals surface area contributed by atoms with Crippen LogP contribution in [0.5, 0.6) is 0 Å². The number of nitrogens with zero attached hydrogens (tertiary/aromatic N) is 4. The zero-order valence-corrected chi connectivity index (χ0v) is 42.7. The number of fused-ring (bicyclic) bond motifs is 2. The largest absolute Gasteiger partial charge is 0.310 e. The third kappa shape index (κ3) is 9.19. The Bertz CT molecular complexity index is 3760. The maximum atomic E-state index is 2.44. The van der Waals surface area contributed by atoms with Crippen LogP contribution in [0.15, 0.2) is 309 Å². The van der Waals surface area contributed by atoms with Crippen LogP contribution >= 0.6 is 0 Å². The second kappa shape index (κ2) is 20.6. The lowest BCUT2D eigenvalue weighted by Gasteiger charge is -2.32. The van der Waals surface area contributed by atoms with E-state index in [0.717, 1.165) is 113 Å². The minimum Gasteiger partial charge on any atom is -0.310 e. The zero-order valence-electron chi connectivity index (χ0n) is 42.7. The van der Waals surface area contributed by atoms with Gasteiger partial charge in [-0.25, -0.2) is 0 Å². The van der Waals surface area contributed by atoms with Crippen molar-refractivity contribution in [2.45, 2.75) is 6.92 Å². The van der Waals surface area contributed by atoms with Crippen LogP contribution in [0.25, 0.3) is 44.5 Å². The van der Waals surface area contributed by atoms with Crippen LogP contribution in [-0.2, 0) is 0 Å². The maximum Gasteiger partial charge on any atom is 0.0540 e. The smallest absolute Gasteiger partial charge is 0.0540 e. The molecule has 2 aliphatic rings. The fourth-order valence-electron chi connectivity index (χ4n) is 11.1. The first-order valence-corrected chi connectivity index (χ1v) is 26.3. The van der Waals surface area contributed by atoms with Crippen molar-refractivity contribution in [3.8, 4) is 44.5 Å². The zero-order chi connectivity index (χ0) is 51.5. The van der Waals surface area contributed by atoms with Gasteiger partial charge in [0.2, 0.25) is 0 Å². The number of para-hydroxylation sites is 8. The molecule has 0 saturated carbocycles. The highest BCUT2D eigenvalue weighted by molar-refractivity contribution is 6.00. The van der Waals surface area contributed by atoms with Crippen molar-refractivity contribution in [1.29, 1.82) is 0 Å². The highest BCUT2D eigenvalue weighted by Crippen LogP contribution is 2.51. The highest BCUT2D eigenvalue weighted by Gasteiger charge is 2.26. The quantitative estimate of drug-likeness (QED) is 0.128. The molecule has 12 aromatic rings. The van der Waals surface area contributed by atoms with Crippen molar-refractivity contribution in [2.75, 3.05) is 19.6 Å². The van der Waals surface area contributed by atoms with E-state index in [1.54, 1.807) is 0 Å². The molecule has 0 unspecified atom stereocenters. The van der Waals surface area contributed by atoms with E-state index in [9.17, 15) is 0 Å². The molecule has 77 heavy (non-hydrogen) atoms. The Balaban J connectivity index is 1.13. The van der Waals surface area contributed by atoms with E-state index in [-0.39, 0.29) is 0 Å². The van der Waals surface area contributed by atoms with E-state index >= 15 is 0 Å². The molecule has 0 N–H and O–H groups in total. The fourth-order valence-corrected chi connectivity index (χ4v) is 11.1. The summed E-state index contributed by atoms with van der Waals surface area (Å²) in [6.45, 7) is 2.21. The van der Waals surface area contributed by atoms with Gasteiger partial charge in [0.15, 0.2) is 0 Å². The Morgan fingerprint density at radius 3 is 1.04 bits per heavy atom. The highest BCUT2D eigenvalue weighted by atomic mass is 15.2. The van der Waals surface area contributed by atoms with Crippen molar-refractivity contribution in [3.05, 3.63) is 315 Å². The molecule has 4 nitrogen and oxygen atoms in total. The van der Waals surface area contributed by atoms with Crippen LogP contribution in [0.4, 0.5) is 68.2 Å². The molecule has 2 aliphatic heterocycles. The molecule has 366 valence electrons. The van der Waals surface area contributed by atoms with E-state index < -0.39 is 0 Å². The van der Waals surface area contributed by atoms with Crippen molar-refractivity contribution in [2.24, 2.45) is 0 Å². The number of benzene rings is 12. The molecular weight excluding hydrogens is 933 g/mol. The van der Waals surface area contributed by atoms with Gasteiger partial charge in [-0.15, -0.1) is 0 Å². The van der Waals surface area contributed by atoms with Gasteiger partial charge in [-0.3, -0.25) is 0 Å². The molecule has 14 rings (SSSR count). The minimum atomic E-state index is 1.03. The predicted octanol–water partition coefficient (Wildman–Crippen LogP) is 20.9. The molecule has 4 heteroatoms. The average molecular weight is 987 g/mol. The molecule has 0 amide bonds. The number of hydrogen-bond donors (Lipinski definition) is 0. The first-order valence-electron chi connectivity index (χ1n) is 26.3. The van der Waals surface area contributed by atoms with E-state index in [0.29, 0.717) is 0 Å². The topological polar surface area (TPSA) is 13.0 Å². The summed E-state index contributed by atoms with van der Waals surface area (Å²) in [5.74, 6) is 0. The normalized spacial score (nSPS) is 11.4. The van der Waals surface area contributed by atoms with Crippen molar-refractivity contribution in [3.63, 3.8) is 0 Å². The lowest BCUT2D eigenvalue weighted by Crippen LogP contribution is -2.14. The first kappa shape index (κ1) is 46.6. The van der Waals surface area contributed by atoms with Gasteiger partial charge >= 0.3 is 0 Å². The van der Waals surface area contributed by atoms with Crippen molar-refractivity contribution < 1.29 is 0 Å². The standard InChI is InChI=1S/C73H54N4/c1-53-41-43-69-70-44-42-54(50-72(70)56-47-64(74(57-25-9-2-10-26-57)58-27-11-3-12-28-58)51-65(48-56)75(59-29-13-4-14-30-59)60-31-15-5-16-32-60)68-39-23-24-40-73(68)77(63-37-21-8-22-38-63)67-49-55(71(69)45-53)46-66(52-67)76(61-33-17-6-18-34-61)62-35-19-7-20-36-62/h2-52H,1H3. The minimum absolute atomic E-state index is 1.03. The van der Waals surface area contributed by atoms with Crippen molar-refractivity contribution >= 4 is 68.2 Å². The number of hydrogen-bond acceptors (Lipinski definition) is 4. The molecular formula is C73H54N4. The second-order valence-corrected chi connectivity index (χ2v) is 19.5. The molecule has 0 saturated heterocycles. The van der Waals surface area contributed by atoms with Gasteiger partial charge in [-0.1, -0.05) is 181 Å². The molecule has 0 aromatic heterocycles. The SMILES string of the molecule is Cc1ccc2c(c1)-c1cc(N(c3ccccc3)c3ccccc3)cc(c1)N(c1ccccc1)c1ccccc1-c1ccc-2c(-c2cc(N(c3ccccc3)c3ccccc3)cc(N(c3ccccc3)c3ccccc3)c2)c1. The second-order valence-electron chi connectivity index (χ2n) is 19.5. The average Bonchev–Trinajstić information content (AvgIpc) is 3.52. The lowest BCUT2D eigenvalue weighted by molar-refractivity contribution is 1.25. The van der Waals surface area contributed by atoms with Gasteiger partial charge in [-0.2, -0.15) is 0 Å². The summed E-state index contributed by atoms with van der Waals surface area (Å²) in [5, 5.41) is 0. The van der Waals surface area contributed by atoms with Crippen LogP contribution in [0.2, 0.25) is 0 Å². The molecule has 0 spiro atoms. The number of rotatable bonds is 11. The summed E-state index contributed by atoms with van der Waals surface area (Å²) in [6.07, 6.45) is 0. The molecule has 0 aliphatic carbocycles. The van der Waals surface area contributed by atoms with Crippen molar-refractivity contribution in [1.82, 2.24) is 0 Å². The molecule has 0 fully saturated rings. The summed E-state index contributed by atoms with van der Waals surface area (Å²) in [4.78, 5) is 9.58. The summed E-state index contributed by atoms with van der Waals surface area (Å²) in [6, 6.07) is 112. The van der Waals surface area contributed by atoms with Gasteiger partial charge in [0.05, 0.1) is 5.69 Å². The number of anilines is 12. The summed E-state index contributed by atoms with van der Waals surface area (Å²) < 4.78 is 0. The van der Waals surface area contributed by atoms with Crippen LogP contribution in [-0.4, -0.2) is 0 Å². The molecule has 0 radical (unpaired) electrons. The number of aryl methyl sites for hydroxylation is 1. The molecule has 4 bridgehead atoms. The van der Waals surface area contributed by atoms with Crippen LogP contribution in [0.3, 0.4) is 0 Å². The van der Waals surface area contributed by atoms with Gasteiger partial charge in [0.1, 0.15) is 0 Å². The van der Waals surface area contributed by atoms with Crippen LogP contribution in [0, 0.1) is 6.92 Å². The maximum absolute atomic E-state index is 2.44. The Morgan fingerprint density at radius 1 is 0.221 bits per heavy atom. The van der Waals surface area contributed by atoms with Crippen LogP contribution < -0.4 is 19.6 Å². The summed E-state index contributed by atoms with van der Waals surface area (Å²) in [5.41, 5.74) is 22.8. The third-order valence-corrected chi connectivity index (χ3v) is 14.5. The van der Waals surface area contributed by atoms with E-state index in [4.69, 9.17) is 0 Å². The van der Waals surface area contributed by atoms with Gasteiger partial charge in [-0.05, 0) is 179 Å². The monoisotopic (exact) mass is 986 g/mol. The Hall–Kier alpha value is -10.2. The fraction of sp³-hybridized carbons (Fsp3) is 0.0137. The van der Waals surface area contributed by atoms with Gasteiger partial charge in [0, 0.05) is 68.1 Å². The molecule has 0 atom stereocenters. The Labute approximate surface area is 451 Å². The van der Waals surface area contributed by atoms with Gasteiger partial charge in [0.25, 0.3) is 0 Å². The predicted molar refractivity (Wildman–Crippen MR) is 325 cm³/mol. The summed E-state index contributed by atoms with van der Waals surface area (Å²) >= 11 is 0. The third-order valence-electron chi connectivity index (χ3n) is 14.5. The molecule has 2 heterocycles.